The quantitative estimate of drug-likeness (QED) is 0.749. The Balaban J connectivity index is 1.61. The van der Waals surface area contributed by atoms with Gasteiger partial charge in [0.1, 0.15) is 11.4 Å². The number of nitrogens with one attached hydrogen (secondary N) is 1. The summed E-state index contributed by atoms with van der Waals surface area (Å²) in [5.74, 6) is 0.665. The number of aromatic nitrogens is 1. The molecular formula is C22H21N3O2. The molecule has 1 N–H and O–H groups in total. The smallest absolute Gasteiger partial charge is 0.276 e. The molecule has 0 aliphatic carbocycles. The van der Waals surface area contributed by atoms with Gasteiger partial charge in [-0.3, -0.25) is 9.78 Å². The molecule has 0 radical (unpaired) electrons. The van der Waals surface area contributed by atoms with Crippen LogP contribution in [0.15, 0.2) is 66.9 Å². The van der Waals surface area contributed by atoms with Crippen LogP contribution in [0.4, 0.5) is 17.1 Å². The third kappa shape index (κ3) is 3.49. The van der Waals surface area contributed by atoms with Gasteiger partial charge in [-0.25, -0.2) is 0 Å². The average molecular weight is 359 g/mol. The van der Waals surface area contributed by atoms with E-state index in [1.165, 1.54) is 5.56 Å². The first-order valence-electron chi connectivity index (χ1n) is 9.02. The Bertz CT molecular complexity index is 971. The Morgan fingerprint density at radius 3 is 2.81 bits per heavy atom. The predicted octanol–water partition coefficient (Wildman–Crippen LogP) is 4.43. The summed E-state index contributed by atoms with van der Waals surface area (Å²) < 4.78 is 5.38. The maximum absolute atomic E-state index is 13.1. The molecule has 1 aliphatic heterocycles. The zero-order chi connectivity index (χ0) is 18.6. The Kier molecular flexibility index (Phi) is 4.75. The number of pyridine rings is 1. The highest BCUT2D eigenvalue weighted by Gasteiger charge is 2.24. The molecule has 0 fully saturated rings. The van der Waals surface area contributed by atoms with Crippen LogP contribution in [0.5, 0.6) is 5.75 Å². The molecule has 0 saturated carbocycles. The standard InChI is InChI=1S/C22H21N3O2/c1-27-21-11-5-3-9-18(21)24-17-12-13-23-19(15-17)22(26)25-14-6-8-16-7-2-4-10-20(16)25/h2-5,7,9-13,15H,6,8,14H2,1H3,(H,23,24). The number of nitrogens with zero attached hydrogens (tertiary/aromatic N) is 2. The number of carbonyl (C=O) groups is 1. The van der Waals surface area contributed by atoms with Crippen molar-refractivity contribution in [3.8, 4) is 5.75 Å². The van der Waals surface area contributed by atoms with Crippen molar-refractivity contribution in [2.24, 2.45) is 0 Å². The number of hydrogen-bond acceptors (Lipinski definition) is 4. The number of aryl methyl sites for hydroxylation is 1. The number of hydrogen-bond donors (Lipinski definition) is 1. The van der Waals surface area contributed by atoms with E-state index in [1.54, 1.807) is 19.4 Å². The van der Waals surface area contributed by atoms with Crippen molar-refractivity contribution in [3.05, 3.63) is 78.1 Å². The van der Waals surface area contributed by atoms with Gasteiger partial charge >= 0.3 is 0 Å². The summed E-state index contributed by atoms with van der Waals surface area (Å²) >= 11 is 0. The van der Waals surface area contributed by atoms with Crippen LogP contribution in [0.1, 0.15) is 22.5 Å². The minimum atomic E-state index is -0.0779. The van der Waals surface area contributed by atoms with Crippen LogP contribution in [0.25, 0.3) is 0 Å². The highest BCUT2D eigenvalue weighted by atomic mass is 16.5. The summed E-state index contributed by atoms with van der Waals surface area (Å²) in [7, 11) is 1.63. The van der Waals surface area contributed by atoms with E-state index in [4.69, 9.17) is 4.74 Å². The van der Waals surface area contributed by atoms with Gasteiger partial charge in [-0.2, -0.15) is 0 Å². The largest absolute Gasteiger partial charge is 0.495 e. The van der Waals surface area contributed by atoms with E-state index in [0.717, 1.165) is 35.7 Å². The number of anilines is 3. The highest BCUT2D eigenvalue weighted by molar-refractivity contribution is 6.06. The van der Waals surface area contributed by atoms with Crippen molar-refractivity contribution in [2.45, 2.75) is 12.8 Å². The van der Waals surface area contributed by atoms with Gasteiger partial charge in [-0.1, -0.05) is 30.3 Å². The number of carbonyl (C=O) groups excluding carboxylic acids is 1. The second kappa shape index (κ2) is 7.50. The number of methoxy groups -OCH3 is 1. The lowest BCUT2D eigenvalue weighted by Crippen LogP contribution is -2.35. The number of rotatable bonds is 4. The summed E-state index contributed by atoms with van der Waals surface area (Å²) in [6.07, 6.45) is 3.62. The average Bonchev–Trinajstić information content (AvgIpc) is 2.73. The number of ether oxygens (including phenoxy) is 1. The summed E-state index contributed by atoms with van der Waals surface area (Å²) in [4.78, 5) is 19.2. The van der Waals surface area contributed by atoms with E-state index < -0.39 is 0 Å². The summed E-state index contributed by atoms with van der Waals surface area (Å²) in [6.45, 7) is 0.710. The lowest BCUT2D eigenvalue weighted by atomic mass is 10.0. The first-order valence-corrected chi connectivity index (χ1v) is 9.02. The molecule has 1 amide bonds. The molecule has 0 spiro atoms. The molecular weight excluding hydrogens is 338 g/mol. The molecule has 0 bridgehead atoms. The van der Waals surface area contributed by atoms with Crippen LogP contribution in [0, 0.1) is 0 Å². The van der Waals surface area contributed by atoms with E-state index in [0.29, 0.717) is 12.2 Å². The third-order valence-electron chi connectivity index (χ3n) is 4.72. The fraction of sp³-hybridized carbons (Fsp3) is 0.182. The van der Waals surface area contributed by atoms with Crippen LogP contribution in [0.3, 0.4) is 0 Å². The van der Waals surface area contributed by atoms with Crippen molar-refractivity contribution in [3.63, 3.8) is 0 Å². The number of para-hydroxylation sites is 3. The Labute approximate surface area is 158 Å². The first-order chi connectivity index (χ1) is 13.3. The fourth-order valence-corrected chi connectivity index (χ4v) is 3.41. The van der Waals surface area contributed by atoms with E-state index in [9.17, 15) is 4.79 Å². The van der Waals surface area contributed by atoms with Gasteiger partial charge in [-0.15, -0.1) is 0 Å². The molecule has 2 aromatic carbocycles. The molecule has 0 saturated heterocycles. The Hall–Kier alpha value is -3.34. The minimum Gasteiger partial charge on any atom is -0.495 e. The van der Waals surface area contributed by atoms with Gasteiger partial charge < -0.3 is 15.0 Å². The summed E-state index contributed by atoms with van der Waals surface area (Å²) in [5, 5.41) is 3.31. The van der Waals surface area contributed by atoms with Gasteiger partial charge in [-0.05, 0) is 48.7 Å². The Morgan fingerprint density at radius 1 is 1.11 bits per heavy atom. The number of fused-ring (bicyclic) bond motifs is 1. The van der Waals surface area contributed by atoms with Crippen LogP contribution < -0.4 is 15.0 Å². The van der Waals surface area contributed by atoms with Crippen molar-refractivity contribution in [2.75, 3.05) is 23.9 Å². The van der Waals surface area contributed by atoms with Gasteiger partial charge in [0.05, 0.1) is 12.8 Å². The van der Waals surface area contributed by atoms with Gasteiger partial charge in [0.2, 0.25) is 0 Å². The van der Waals surface area contributed by atoms with Crippen molar-refractivity contribution in [1.29, 1.82) is 0 Å². The molecule has 2 heterocycles. The maximum atomic E-state index is 13.1. The van der Waals surface area contributed by atoms with Crippen molar-refractivity contribution in [1.82, 2.24) is 4.98 Å². The molecule has 136 valence electrons. The van der Waals surface area contributed by atoms with E-state index in [1.807, 2.05) is 53.4 Å². The molecule has 27 heavy (non-hydrogen) atoms. The van der Waals surface area contributed by atoms with E-state index in [2.05, 4.69) is 16.4 Å². The lowest BCUT2D eigenvalue weighted by molar-refractivity contribution is 0.0980. The second-order valence-corrected chi connectivity index (χ2v) is 6.44. The molecule has 5 nitrogen and oxygen atoms in total. The van der Waals surface area contributed by atoms with E-state index in [-0.39, 0.29) is 5.91 Å². The summed E-state index contributed by atoms with van der Waals surface area (Å²) in [5.41, 5.74) is 4.25. The first kappa shape index (κ1) is 17.1. The fourth-order valence-electron chi connectivity index (χ4n) is 3.41. The molecule has 0 unspecified atom stereocenters. The van der Waals surface area contributed by atoms with Crippen molar-refractivity contribution >= 4 is 23.0 Å². The summed E-state index contributed by atoms with van der Waals surface area (Å²) in [6, 6.07) is 19.4. The SMILES string of the molecule is COc1ccccc1Nc1ccnc(C(=O)N2CCCc3ccccc32)c1. The highest BCUT2D eigenvalue weighted by Crippen LogP contribution is 2.29. The predicted molar refractivity (Wildman–Crippen MR) is 107 cm³/mol. The lowest BCUT2D eigenvalue weighted by Gasteiger charge is -2.29. The number of benzene rings is 2. The maximum Gasteiger partial charge on any atom is 0.276 e. The van der Waals surface area contributed by atoms with Crippen LogP contribution in [-0.4, -0.2) is 24.5 Å². The minimum absolute atomic E-state index is 0.0779. The molecule has 0 atom stereocenters. The molecule has 4 rings (SSSR count). The molecule has 1 aromatic heterocycles. The van der Waals surface area contributed by atoms with Crippen LogP contribution >= 0.6 is 0 Å². The monoisotopic (exact) mass is 359 g/mol. The van der Waals surface area contributed by atoms with Crippen molar-refractivity contribution < 1.29 is 9.53 Å². The second-order valence-electron chi connectivity index (χ2n) is 6.44. The number of amides is 1. The van der Waals surface area contributed by atoms with Gasteiger partial charge in [0.25, 0.3) is 5.91 Å². The van der Waals surface area contributed by atoms with Gasteiger partial charge in [0, 0.05) is 24.1 Å². The molecule has 1 aliphatic rings. The van der Waals surface area contributed by atoms with Gasteiger partial charge in [0.15, 0.2) is 0 Å². The zero-order valence-electron chi connectivity index (χ0n) is 15.2. The van der Waals surface area contributed by atoms with E-state index >= 15 is 0 Å². The molecule has 3 aromatic rings. The topological polar surface area (TPSA) is 54.5 Å². The third-order valence-corrected chi connectivity index (χ3v) is 4.72. The van der Waals surface area contributed by atoms with Crippen LogP contribution in [-0.2, 0) is 6.42 Å². The normalized spacial score (nSPS) is 13.0. The Morgan fingerprint density at radius 2 is 1.93 bits per heavy atom. The van der Waals surface area contributed by atoms with Crippen LogP contribution in [0.2, 0.25) is 0 Å². The zero-order valence-corrected chi connectivity index (χ0v) is 15.2. The molecule has 5 heteroatoms.